The maximum absolute atomic E-state index is 9.56. The molecule has 0 spiro atoms. The normalized spacial score (nSPS) is 20.7. The standard InChI is InChI=1S/C9H9BrO/c1-5-4-6-2-3-7(10)9(11)8(5)6/h2-3,5,11H,4H2,1H3/t5-/m0/s1. The molecule has 1 N–H and O–H groups in total. The molecule has 0 unspecified atom stereocenters. The molecule has 0 saturated carbocycles. The van der Waals surface area contributed by atoms with Gasteiger partial charge in [-0.05, 0) is 39.9 Å². The van der Waals surface area contributed by atoms with Gasteiger partial charge in [0.2, 0.25) is 0 Å². The molecule has 0 aliphatic heterocycles. The van der Waals surface area contributed by atoms with E-state index >= 15 is 0 Å². The molecule has 0 heterocycles. The first-order valence-electron chi connectivity index (χ1n) is 3.70. The third-order valence-corrected chi connectivity index (χ3v) is 2.92. The van der Waals surface area contributed by atoms with Crippen LogP contribution in [0.4, 0.5) is 0 Å². The molecule has 1 atom stereocenters. The number of fused-ring (bicyclic) bond motifs is 1. The molecule has 2 rings (SSSR count). The molecule has 1 aliphatic carbocycles. The minimum absolute atomic E-state index is 0.432. The molecule has 1 aliphatic rings. The lowest BCUT2D eigenvalue weighted by atomic mass is 9.78. The van der Waals surface area contributed by atoms with Crippen molar-refractivity contribution in [3.63, 3.8) is 0 Å². The Bertz CT molecular complexity index is 307. The van der Waals surface area contributed by atoms with Crippen LogP contribution in [0, 0.1) is 0 Å². The van der Waals surface area contributed by atoms with Gasteiger partial charge in [-0.1, -0.05) is 13.0 Å². The first kappa shape index (κ1) is 7.17. The van der Waals surface area contributed by atoms with Gasteiger partial charge in [0.15, 0.2) is 0 Å². The molecule has 0 fully saturated rings. The summed E-state index contributed by atoms with van der Waals surface area (Å²) in [4.78, 5) is 0. The summed E-state index contributed by atoms with van der Waals surface area (Å²) in [5, 5.41) is 9.56. The summed E-state index contributed by atoms with van der Waals surface area (Å²) in [6.45, 7) is 2.13. The molecule has 0 saturated heterocycles. The van der Waals surface area contributed by atoms with Gasteiger partial charge >= 0.3 is 0 Å². The third-order valence-electron chi connectivity index (χ3n) is 2.28. The van der Waals surface area contributed by atoms with Crippen LogP contribution in [0.3, 0.4) is 0 Å². The van der Waals surface area contributed by atoms with Crippen molar-refractivity contribution in [3.8, 4) is 5.75 Å². The van der Waals surface area contributed by atoms with Crippen LogP contribution in [-0.2, 0) is 6.42 Å². The van der Waals surface area contributed by atoms with E-state index in [1.807, 2.05) is 6.07 Å². The Labute approximate surface area is 74.2 Å². The summed E-state index contributed by atoms with van der Waals surface area (Å²) in [6, 6.07) is 3.97. The van der Waals surface area contributed by atoms with E-state index in [9.17, 15) is 5.11 Å². The highest BCUT2D eigenvalue weighted by Gasteiger charge is 2.26. The third kappa shape index (κ3) is 0.890. The number of halogens is 1. The quantitative estimate of drug-likeness (QED) is 0.702. The van der Waals surface area contributed by atoms with Gasteiger partial charge in [-0.2, -0.15) is 0 Å². The van der Waals surface area contributed by atoms with Crippen LogP contribution < -0.4 is 0 Å². The highest BCUT2D eigenvalue weighted by molar-refractivity contribution is 9.10. The molecule has 58 valence electrons. The van der Waals surface area contributed by atoms with E-state index in [1.54, 1.807) is 0 Å². The summed E-state index contributed by atoms with van der Waals surface area (Å²) in [6.07, 6.45) is 1.11. The van der Waals surface area contributed by atoms with E-state index in [1.165, 1.54) is 5.56 Å². The number of hydrogen-bond acceptors (Lipinski definition) is 1. The number of rotatable bonds is 0. The van der Waals surface area contributed by atoms with Gasteiger partial charge in [-0.25, -0.2) is 0 Å². The second-order valence-corrected chi connectivity index (χ2v) is 3.93. The van der Waals surface area contributed by atoms with Crippen LogP contribution in [0.2, 0.25) is 0 Å². The van der Waals surface area contributed by atoms with Crippen LogP contribution >= 0.6 is 15.9 Å². The second kappa shape index (κ2) is 2.24. The monoisotopic (exact) mass is 212 g/mol. The lowest BCUT2D eigenvalue weighted by Gasteiger charge is -2.28. The van der Waals surface area contributed by atoms with Crippen molar-refractivity contribution < 1.29 is 5.11 Å². The maximum atomic E-state index is 9.56. The predicted molar refractivity (Wildman–Crippen MR) is 47.9 cm³/mol. The van der Waals surface area contributed by atoms with Crippen molar-refractivity contribution in [2.24, 2.45) is 0 Å². The van der Waals surface area contributed by atoms with Crippen LogP contribution in [-0.4, -0.2) is 5.11 Å². The molecule has 0 bridgehead atoms. The fourth-order valence-corrected chi connectivity index (χ4v) is 2.00. The molecular weight excluding hydrogens is 204 g/mol. The zero-order valence-corrected chi connectivity index (χ0v) is 7.85. The number of aromatic hydroxyl groups is 1. The van der Waals surface area contributed by atoms with E-state index in [2.05, 4.69) is 28.9 Å². The van der Waals surface area contributed by atoms with Gasteiger partial charge in [0.1, 0.15) is 5.75 Å². The average molecular weight is 213 g/mol. The Morgan fingerprint density at radius 3 is 2.82 bits per heavy atom. The van der Waals surface area contributed by atoms with Crippen molar-refractivity contribution in [1.29, 1.82) is 0 Å². The van der Waals surface area contributed by atoms with Gasteiger partial charge in [0.05, 0.1) is 4.47 Å². The Morgan fingerprint density at radius 1 is 1.55 bits per heavy atom. The second-order valence-electron chi connectivity index (χ2n) is 3.07. The minimum Gasteiger partial charge on any atom is -0.506 e. The fraction of sp³-hybridized carbons (Fsp3) is 0.333. The van der Waals surface area contributed by atoms with Crippen molar-refractivity contribution in [3.05, 3.63) is 27.7 Å². The van der Waals surface area contributed by atoms with E-state index in [0.717, 1.165) is 16.5 Å². The summed E-state index contributed by atoms with van der Waals surface area (Å²) < 4.78 is 0.808. The van der Waals surface area contributed by atoms with Crippen molar-refractivity contribution in [2.75, 3.05) is 0 Å². The highest BCUT2D eigenvalue weighted by atomic mass is 79.9. The molecule has 1 nitrogen and oxygen atoms in total. The maximum Gasteiger partial charge on any atom is 0.133 e. The summed E-state index contributed by atoms with van der Waals surface area (Å²) >= 11 is 3.29. The molecule has 1 aromatic rings. The lowest BCUT2D eigenvalue weighted by Crippen LogP contribution is -2.13. The van der Waals surface area contributed by atoms with Crippen LogP contribution in [0.15, 0.2) is 16.6 Å². The largest absolute Gasteiger partial charge is 0.506 e. The van der Waals surface area contributed by atoms with E-state index in [4.69, 9.17) is 0 Å². The number of phenolic OH excluding ortho intramolecular Hbond substituents is 1. The zero-order chi connectivity index (χ0) is 8.01. The highest BCUT2D eigenvalue weighted by Crippen LogP contribution is 2.44. The molecule has 2 heteroatoms. The van der Waals surface area contributed by atoms with Crippen LogP contribution in [0.1, 0.15) is 24.0 Å². The van der Waals surface area contributed by atoms with Gasteiger partial charge in [-0.3, -0.25) is 0 Å². The van der Waals surface area contributed by atoms with Crippen molar-refractivity contribution in [2.45, 2.75) is 19.3 Å². The smallest absolute Gasteiger partial charge is 0.133 e. The van der Waals surface area contributed by atoms with Gasteiger partial charge in [0, 0.05) is 5.56 Å². The Balaban J connectivity index is 2.61. The Morgan fingerprint density at radius 2 is 2.27 bits per heavy atom. The van der Waals surface area contributed by atoms with Crippen molar-refractivity contribution in [1.82, 2.24) is 0 Å². The van der Waals surface area contributed by atoms with Crippen LogP contribution in [0.5, 0.6) is 5.75 Å². The topological polar surface area (TPSA) is 20.2 Å². The fourth-order valence-electron chi connectivity index (χ4n) is 1.65. The van der Waals surface area contributed by atoms with E-state index in [-0.39, 0.29) is 0 Å². The summed E-state index contributed by atoms with van der Waals surface area (Å²) in [5.41, 5.74) is 2.41. The van der Waals surface area contributed by atoms with E-state index < -0.39 is 0 Å². The van der Waals surface area contributed by atoms with Gasteiger partial charge < -0.3 is 5.11 Å². The molecule has 1 aromatic carbocycles. The number of hydrogen-bond donors (Lipinski definition) is 1. The van der Waals surface area contributed by atoms with Crippen molar-refractivity contribution >= 4 is 15.9 Å². The lowest BCUT2D eigenvalue weighted by molar-refractivity contribution is 0.448. The molecule has 0 radical (unpaired) electrons. The molecule has 11 heavy (non-hydrogen) atoms. The SMILES string of the molecule is C[C@H]1Cc2ccc(Br)c(O)c21. The summed E-state index contributed by atoms with van der Waals surface area (Å²) in [7, 11) is 0. The van der Waals surface area contributed by atoms with E-state index in [0.29, 0.717) is 11.7 Å². The molecule has 0 amide bonds. The number of phenols is 1. The predicted octanol–water partition coefficient (Wildman–Crippen LogP) is 2.81. The number of benzene rings is 1. The molecule has 0 aromatic heterocycles. The zero-order valence-electron chi connectivity index (χ0n) is 6.26. The van der Waals surface area contributed by atoms with Crippen LogP contribution in [0.25, 0.3) is 0 Å². The average Bonchev–Trinajstić information content (AvgIpc) is 1.94. The first-order valence-corrected chi connectivity index (χ1v) is 4.49. The minimum atomic E-state index is 0.432. The first-order chi connectivity index (χ1) is 5.20. The Kier molecular flexibility index (Phi) is 1.46. The summed E-state index contributed by atoms with van der Waals surface area (Å²) in [5.74, 6) is 0.962. The van der Waals surface area contributed by atoms with Gasteiger partial charge in [-0.15, -0.1) is 0 Å². The van der Waals surface area contributed by atoms with Gasteiger partial charge in [0.25, 0.3) is 0 Å². The Hall–Kier alpha value is -0.500. The molecular formula is C9H9BrO.